The third kappa shape index (κ3) is 4.12. The number of benzene rings is 2. The third-order valence-corrected chi connectivity index (χ3v) is 3.06. The smallest absolute Gasteiger partial charge is 0.166 e. The van der Waals surface area contributed by atoms with E-state index in [-0.39, 0.29) is 5.82 Å². The molecular formula is C17H20FNO2. The van der Waals surface area contributed by atoms with Gasteiger partial charge < -0.3 is 14.8 Å². The molecule has 0 aliphatic heterocycles. The number of para-hydroxylation sites is 1. The summed E-state index contributed by atoms with van der Waals surface area (Å²) in [5.41, 5.74) is 1.87. The van der Waals surface area contributed by atoms with Crippen molar-refractivity contribution >= 4 is 5.69 Å². The van der Waals surface area contributed by atoms with Crippen LogP contribution in [0.5, 0.6) is 11.5 Å². The molecule has 21 heavy (non-hydrogen) atoms. The molecule has 3 nitrogen and oxygen atoms in total. The van der Waals surface area contributed by atoms with Gasteiger partial charge in [-0.25, -0.2) is 4.39 Å². The quantitative estimate of drug-likeness (QED) is 0.827. The van der Waals surface area contributed by atoms with Crippen LogP contribution in [0.1, 0.15) is 18.9 Å². The van der Waals surface area contributed by atoms with Crippen molar-refractivity contribution in [2.75, 3.05) is 19.0 Å². The van der Waals surface area contributed by atoms with Gasteiger partial charge in [-0.3, -0.25) is 0 Å². The SMILES string of the molecule is CCCOc1c(CNc2ccc(F)cc2)cccc1OC. The predicted octanol–water partition coefficient (Wildman–Crippen LogP) is 4.24. The minimum Gasteiger partial charge on any atom is -0.493 e. The summed E-state index contributed by atoms with van der Waals surface area (Å²) in [6, 6.07) is 12.1. The largest absolute Gasteiger partial charge is 0.493 e. The van der Waals surface area contributed by atoms with E-state index in [9.17, 15) is 4.39 Å². The van der Waals surface area contributed by atoms with Crippen LogP contribution in [0.2, 0.25) is 0 Å². The number of hydrogen-bond acceptors (Lipinski definition) is 3. The molecule has 2 rings (SSSR count). The van der Waals surface area contributed by atoms with E-state index in [2.05, 4.69) is 12.2 Å². The summed E-state index contributed by atoms with van der Waals surface area (Å²) in [6.45, 7) is 3.29. The molecule has 0 amide bonds. The number of hydrogen-bond donors (Lipinski definition) is 1. The fourth-order valence-corrected chi connectivity index (χ4v) is 1.99. The second-order valence-corrected chi connectivity index (χ2v) is 4.66. The summed E-state index contributed by atoms with van der Waals surface area (Å²) in [5.74, 6) is 1.24. The molecule has 2 aromatic carbocycles. The van der Waals surface area contributed by atoms with E-state index in [1.54, 1.807) is 19.2 Å². The van der Waals surface area contributed by atoms with Gasteiger partial charge in [-0.2, -0.15) is 0 Å². The zero-order chi connectivity index (χ0) is 15.1. The van der Waals surface area contributed by atoms with E-state index < -0.39 is 0 Å². The molecule has 0 atom stereocenters. The lowest BCUT2D eigenvalue weighted by molar-refractivity contribution is 0.291. The Balaban J connectivity index is 2.12. The number of nitrogens with one attached hydrogen (secondary N) is 1. The molecular weight excluding hydrogens is 269 g/mol. The van der Waals surface area contributed by atoms with Gasteiger partial charge in [0.05, 0.1) is 13.7 Å². The van der Waals surface area contributed by atoms with Crippen LogP contribution in [0.25, 0.3) is 0 Å². The van der Waals surface area contributed by atoms with Gasteiger partial charge in [0.15, 0.2) is 11.5 Å². The first-order chi connectivity index (χ1) is 10.2. The Kier molecular flexibility index (Phi) is 5.43. The molecule has 0 aromatic heterocycles. The van der Waals surface area contributed by atoms with Gasteiger partial charge in [0, 0.05) is 17.8 Å². The highest BCUT2D eigenvalue weighted by atomic mass is 19.1. The van der Waals surface area contributed by atoms with Crippen molar-refractivity contribution in [3.05, 3.63) is 53.8 Å². The first-order valence-electron chi connectivity index (χ1n) is 7.02. The summed E-state index contributed by atoms with van der Waals surface area (Å²) in [6.07, 6.45) is 0.933. The van der Waals surface area contributed by atoms with Gasteiger partial charge in [-0.1, -0.05) is 19.1 Å². The maximum Gasteiger partial charge on any atom is 0.166 e. The van der Waals surface area contributed by atoms with Crippen molar-refractivity contribution < 1.29 is 13.9 Å². The summed E-state index contributed by atoms with van der Waals surface area (Å²) in [5, 5.41) is 3.25. The summed E-state index contributed by atoms with van der Waals surface area (Å²) >= 11 is 0. The van der Waals surface area contributed by atoms with Crippen LogP contribution in [0, 0.1) is 5.82 Å². The number of methoxy groups -OCH3 is 1. The zero-order valence-corrected chi connectivity index (χ0v) is 12.4. The van der Waals surface area contributed by atoms with Crippen molar-refractivity contribution in [2.45, 2.75) is 19.9 Å². The van der Waals surface area contributed by atoms with E-state index in [1.807, 2.05) is 18.2 Å². The van der Waals surface area contributed by atoms with Crippen LogP contribution in [0.3, 0.4) is 0 Å². The fourth-order valence-electron chi connectivity index (χ4n) is 1.99. The Bertz CT molecular complexity index is 570. The number of halogens is 1. The molecule has 0 spiro atoms. The molecule has 0 aliphatic rings. The predicted molar refractivity (Wildman–Crippen MR) is 82.5 cm³/mol. The number of rotatable bonds is 7. The molecule has 0 unspecified atom stereocenters. The highest BCUT2D eigenvalue weighted by Crippen LogP contribution is 2.31. The molecule has 0 saturated carbocycles. The Morgan fingerprint density at radius 3 is 2.52 bits per heavy atom. The maximum absolute atomic E-state index is 12.9. The molecule has 0 heterocycles. The van der Waals surface area contributed by atoms with Crippen LogP contribution in [0.15, 0.2) is 42.5 Å². The van der Waals surface area contributed by atoms with E-state index in [1.165, 1.54) is 12.1 Å². The van der Waals surface area contributed by atoms with Gasteiger partial charge in [0.1, 0.15) is 5.82 Å². The first kappa shape index (κ1) is 15.2. The van der Waals surface area contributed by atoms with Gasteiger partial charge in [0.25, 0.3) is 0 Å². The van der Waals surface area contributed by atoms with Crippen molar-refractivity contribution in [2.24, 2.45) is 0 Å². The molecule has 0 saturated heterocycles. The lowest BCUT2D eigenvalue weighted by Crippen LogP contribution is -2.05. The standard InChI is InChI=1S/C17H20FNO2/c1-3-11-21-17-13(5-4-6-16(17)20-2)12-19-15-9-7-14(18)8-10-15/h4-10,19H,3,11-12H2,1-2H3. The first-order valence-corrected chi connectivity index (χ1v) is 7.02. The van der Waals surface area contributed by atoms with Crippen LogP contribution in [-0.2, 0) is 6.54 Å². The van der Waals surface area contributed by atoms with E-state index in [4.69, 9.17) is 9.47 Å². The van der Waals surface area contributed by atoms with Crippen LogP contribution >= 0.6 is 0 Å². The van der Waals surface area contributed by atoms with Gasteiger partial charge in [-0.05, 0) is 36.8 Å². The minimum atomic E-state index is -0.242. The van der Waals surface area contributed by atoms with E-state index in [0.717, 1.165) is 29.2 Å². The zero-order valence-electron chi connectivity index (χ0n) is 12.4. The van der Waals surface area contributed by atoms with Crippen molar-refractivity contribution in [1.82, 2.24) is 0 Å². The highest BCUT2D eigenvalue weighted by Gasteiger charge is 2.10. The average molecular weight is 289 g/mol. The molecule has 2 aromatic rings. The highest BCUT2D eigenvalue weighted by molar-refractivity contribution is 5.50. The number of anilines is 1. The summed E-state index contributed by atoms with van der Waals surface area (Å²) in [4.78, 5) is 0. The van der Waals surface area contributed by atoms with Crippen molar-refractivity contribution in [3.8, 4) is 11.5 Å². The third-order valence-electron chi connectivity index (χ3n) is 3.06. The normalized spacial score (nSPS) is 10.2. The van der Waals surface area contributed by atoms with E-state index >= 15 is 0 Å². The van der Waals surface area contributed by atoms with Gasteiger partial charge >= 0.3 is 0 Å². The summed E-state index contributed by atoms with van der Waals surface area (Å²) in [7, 11) is 1.63. The molecule has 0 fully saturated rings. The van der Waals surface area contributed by atoms with E-state index in [0.29, 0.717) is 13.2 Å². The molecule has 0 radical (unpaired) electrons. The molecule has 0 bridgehead atoms. The van der Waals surface area contributed by atoms with Crippen molar-refractivity contribution in [1.29, 1.82) is 0 Å². The maximum atomic E-state index is 12.9. The van der Waals surface area contributed by atoms with Crippen LogP contribution in [0.4, 0.5) is 10.1 Å². The topological polar surface area (TPSA) is 30.5 Å². The summed E-state index contributed by atoms with van der Waals surface area (Å²) < 4.78 is 24.0. The Hall–Kier alpha value is -2.23. The minimum absolute atomic E-state index is 0.242. The Morgan fingerprint density at radius 2 is 1.86 bits per heavy atom. The lowest BCUT2D eigenvalue weighted by atomic mass is 10.1. The molecule has 0 aliphatic carbocycles. The molecule has 4 heteroatoms. The Labute approximate surface area is 124 Å². The second-order valence-electron chi connectivity index (χ2n) is 4.66. The lowest BCUT2D eigenvalue weighted by Gasteiger charge is -2.15. The van der Waals surface area contributed by atoms with Crippen LogP contribution in [-0.4, -0.2) is 13.7 Å². The number of ether oxygens (including phenoxy) is 2. The Morgan fingerprint density at radius 1 is 1.10 bits per heavy atom. The monoisotopic (exact) mass is 289 g/mol. The average Bonchev–Trinajstić information content (AvgIpc) is 2.52. The molecule has 1 N–H and O–H groups in total. The molecule has 112 valence electrons. The van der Waals surface area contributed by atoms with Crippen molar-refractivity contribution in [3.63, 3.8) is 0 Å². The second kappa shape index (κ2) is 7.53. The van der Waals surface area contributed by atoms with Crippen LogP contribution < -0.4 is 14.8 Å². The van der Waals surface area contributed by atoms with Gasteiger partial charge in [-0.15, -0.1) is 0 Å². The fraction of sp³-hybridized carbons (Fsp3) is 0.294. The van der Waals surface area contributed by atoms with Gasteiger partial charge in [0.2, 0.25) is 0 Å².